The predicted molar refractivity (Wildman–Crippen MR) is 114 cm³/mol. The van der Waals surface area contributed by atoms with E-state index in [-0.39, 0.29) is 5.78 Å². The van der Waals surface area contributed by atoms with E-state index >= 15 is 0 Å². The van der Waals surface area contributed by atoms with Crippen molar-refractivity contribution in [1.29, 1.82) is 0 Å². The quantitative estimate of drug-likeness (QED) is 0.391. The van der Waals surface area contributed by atoms with Crippen LogP contribution in [0.15, 0.2) is 83.3 Å². The van der Waals surface area contributed by atoms with Crippen LogP contribution in [-0.2, 0) is 13.5 Å². The van der Waals surface area contributed by atoms with Crippen molar-refractivity contribution in [2.45, 2.75) is 13.3 Å². The molecule has 0 bridgehead atoms. The zero-order valence-electron chi connectivity index (χ0n) is 15.4. The molecule has 4 heteroatoms. The summed E-state index contributed by atoms with van der Waals surface area (Å²) in [6.45, 7) is 2.13. The van der Waals surface area contributed by atoms with Crippen molar-refractivity contribution in [1.82, 2.24) is 9.78 Å². The van der Waals surface area contributed by atoms with Gasteiger partial charge in [-0.3, -0.25) is 9.48 Å². The van der Waals surface area contributed by atoms with E-state index < -0.39 is 0 Å². The predicted octanol–water partition coefficient (Wildman–Crippen LogP) is 5.82. The summed E-state index contributed by atoms with van der Waals surface area (Å²) in [6, 6.07) is 24.9. The summed E-state index contributed by atoms with van der Waals surface area (Å²) in [5, 5.41) is 5.70. The molecule has 1 aromatic heterocycles. The van der Waals surface area contributed by atoms with Gasteiger partial charge in [-0.2, -0.15) is 5.10 Å². The highest BCUT2D eigenvalue weighted by atomic mass is 79.9. The molecule has 0 atom stereocenters. The smallest absolute Gasteiger partial charge is 0.193 e. The van der Waals surface area contributed by atoms with Crippen LogP contribution in [-0.4, -0.2) is 15.6 Å². The van der Waals surface area contributed by atoms with Crippen molar-refractivity contribution in [3.05, 3.63) is 100 Å². The monoisotopic (exact) mass is 420 g/mol. The molecule has 0 aliphatic carbocycles. The summed E-state index contributed by atoms with van der Waals surface area (Å²) >= 11 is 3.46. The highest BCUT2D eigenvalue weighted by molar-refractivity contribution is 9.10. The molecule has 0 amide bonds. The molecule has 0 fully saturated rings. The number of nitrogens with zero attached hydrogens (tertiary/aromatic N) is 2. The lowest BCUT2D eigenvalue weighted by Gasteiger charge is -1.99. The summed E-state index contributed by atoms with van der Waals surface area (Å²) in [7, 11) is 1.98. The normalized spacial score (nSPS) is 10.3. The maximum absolute atomic E-state index is 11.8. The van der Waals surface area contributed by atoms with E-state index in [2.05, 4.69) is 46.2 Å². The Balaban J connectivity index is 0.000000156. The lowest BCUT2D eigenvalue weighted by molar-refractivity contribution is 0.103. The lowest BCUT2D eigenvalue weighted by Crippen LogP contribution is -1.99. The Hall–Kier alpha value is -2.72. The lowest BCUT2D eigenvalue weighted by atomic mass is 10.0. The number of hydrogen-bond donors (Lipinski definition) is 0. The van der Waals surface area contributed by atoms with Gasteiger partial charge in [0.2, 0.25) is 0 Å². The molecule has 3 nitrogen and oxygen atoms in total. The number of ketones is 1. The van der Waals surface area contributed by atoms with Crippen LogP contribution >= 0.6 is 15.9 Å². The molecule has 0 aliphatic heterocycles. The van der Waals surface area contributed by atoms with Crippen LogP contribution in [0, 0.1) is 0 Å². The summed E-state index contributed by atoms with van der Waals surface area (Å²) in [4.78, 5) is 11.8. The minimum atomic E-state index is 0.0752. The number of halogens is 1. The van der Waals surface area contributed by atoms with Crippen molar-refractivity contribution in [2.24, 2.45) is 7.05 Å². The first-order chi connectivity index (χ1) is 13.1. The highest BCUT2D eigenvalue weighted by Crippen LogP contribution is 2.22. The Bertz CT molecular complexity index is 999. The number of carbonyl (C=O) groups excluding carboxylic acids is 1. The zero-order chi connectivity index (χ0) is 19.2. The van der Waals surface area contributed by atoms with Gasteiger partial charge in [-0.1, -0.05) is 83.5 Å². The molecule has 0 N–H and O–H groups in total. The molecule has 0 spiro atoms. The van der Waals surface area contributed by atoms with Crippen LogP contribution < -0.4 is 0 Å². The van der Waals surface area contributed by atoms with Gasteiger partial charge in [0.25, 0.3) is 0 Å². The molecule has 0 radical (unpaired) electrons. The third-order valence-electron chi connectivity index (χ3n) is 4.30. The molecule has 1 heterocycles. The Morgan fingerprint density at radius 2 is 1.48 bits per heavy atom. The first-order valence-electron chi connectivity index (χ1n) is 8.86. The van der Waals surface area contributed by atoms with Crippen LogP contribution in [0.5, 0.6) is 0 Å². The van der Waals surface area contributed by atoms with E-state index in [4.69, 9.17) is 0 Å². The fourth-order valence-corrected chi connectivity index (χ4v) is 3.26. The van der Waals surface area contributed by atoms with Gasteiger partial charge < -0.3 is 0 Å². The van der Waals surface area contributed by atoms with Crippen molar-refractivity contribution >= 4 is 32.6 Å². The first kappa shape index (κ1) is 19.1. The van der Waals surface area contributed by atoms with Gasteiger partial charge >= 0.3 is 0 Å². The average Bonchev–Trinajstić information content (AvgIpc) is 3.04. The summed E-state index contributed by atoms with van der Waals surface area (Å²) in [5.41, 5.74) is 3.83. The second-order valence-electron chi connectivity index (χ2n) is 6.15. The second-order valence-corrected chi connectivity index (χ2v) is 7.06. The van der Waals surface area contributed by atoms with E-state index in [1.807, 2.05) is 72.4 Å². The molecule has 0 unspecified atom stereocenters. The van der Waals surface area contributed by atoms with Gasteiger partial charge in [0.15, 0.2) is 5.78 Å². The molecule has 0 saturated carbocycles. The molecule has 27 heavy (non-hydrogen) atoms. The zero-order valence-corrected chi connectivity index (χ0v) is 17.0. The number of fused-ring (bicyclic) bond motifs is 1. The van der Waals surface area contributed by atoms with E-state index in [1.165, 1.54) is 16.6 Å². The van der Waals surface area contributed by atoms with Gasteiger partial charge in [0.1, 0.15) is 0 Å². The standard InChI is InChI=1S/C13H10O.C10H11BrN2/c14-13(11-7-3-1-4-8-11)12-9-5-2-6-10-12;1-3-9-8-5-4-7(11)6-10(8)13(2)12-9/h1-10H;4-6H,3H2,1-2H3. The highest BCUT2D eigenvalue weighted by Gasteiger charge is 2.07. The number of carbonyl (C=O) groups is 1. The Morgan fingerprint density at radius 3 is 2.00 bits per heavy atom. The SMILES string of the molecule is CCc1nn(C)c2cc(Br)ccc12.O=C(c1ccccc1)c1ccccc1. The molecule has 0 aliphatic rings. The maximum atomic E-state index is 11.8. The van der Waals surface area contributed by atoms with Crippen molar-refractivity contribution in [2.75, 3.05) is 0 Å². The molecular weight excluding hydrogens is 400 g/mol. The molecule has 4 aromatic rings. The summed E-state index contributed by atoms with van der Waals surface area (Å²) in [5.74, 6) is 0.0752. The van der Waals surface area contributed by atoms with E-state index in [1.54, 1.807) is 0 Å². The van der Waals surface area contributed by atoms with Crippen LogP contribution in [0.2, 0.25) is 0 Å². The van der Waals surface area contributed by atoms with E-state index in [9.17, 15) is 4.79 Å². The van der Waals surface area contributed by atoms with Crippen LogP contribution in [0.4, 0.5) is 0 Å². The average molecular weight is 421 g/mol. The van der Waals surface area contributed by atoms with Crippen molar-refractivity contribution < 1.29 is 4.79 Å². The third-order valence-corrected chi connectivity index (χ3v) is 4.79. The number of benzene rings is 3. The van der Waals surface area contributed by atoms with Crippen molar-refractivity contribution in [3.8, 4) is 0 Å². The fourth-order valence-electron chi connectivity index (χ4n) is 2.91. The number of hydrogen-bond acceptors (Lipinski definition) is 2. The molecule has 0 saturated heterocycles. The van der Waals surface area contributed by atoms with Crippen LogP contribution in [0.25, 0.3) is 10.9 Å². The van der Waals surface area contributed by atoms with Gasteiger partial charge in [0, 0.05) is 28.0 Å². The maximum Gasteiger partial charge on any atom is 0.193 e. The largest absolute Gasteiger partial charge is 0.289 e. The van der Waals surface area contributed by atoms with Gasteiger partial charge in [0.05, 0.1) is 11.2 Å². The third kappa shape index (κ3) is 4.52. The van der Waals surface area contributed by atoms with E-state index in [0.29, 0.717) is 0 Å². The fraction of sp³-hybridized carbons (Fsp3) is 0.130. The van der Waals surface area contributed by atoms with Gasteiger partial charge in [-0.15, -0.1) is 0 Å². The number of aromatic nitrogens is 2. The van der Waals surface area contributed by atoms with E-state index in [0.717, 1.165) is 22.0 Å². The number of aryl methyl sites for hydroxylation is 2. The minimum Gasteiger partial charge on any atom is -0.289 e. The first-order valence-corrected chi connectivity index (χ1v) is 9.65. The molecule has 136 valence electrons. The molecular formula is C23H21BrN2O. The number of rotatable bonds is 3. The Morgan fingerprint density at radius 1 is 0.926 bits per heavy atom. The van der Waals surface area contributed by atoms with Crippen LogP contribution in [0.3, 0.4) is 0 Å². The van der Waals surface area contributed by atoms with Crippen LogP contribution in [0.1, 0.15) is 28.5 Å². The minimum absolute atomic E-state index is 0.0752. The Kier molecular flexibility index (Phi) is 6.20. The van der Waals surface area contributed by atoms with Crippen molar-refractivity contribution in [3.63, 3.8) is 0 Å². The summed E-state index contributed by atoms with van der Waals surface area (Å²) in [6.07, 6.45) is 0.985. The second kappa shape index (κ2) is 8.78. The molecule has 4 rings (SSSR count). The van der Waals surface area contributed by atoms with Gasteiger partial charge in [-0.25, -0.2) is 0 Å². The van der Waals surface area contributed by atoms with Gasteiger partial charge in [-0.05, 0) is 24.6 Å². The summed E-state index contributed by atoms with van der Waals surface area (Å²) < 4.78 is 3.03. The Labute approximate surface area is 167 Å². The topological polar surface area (TPSA) is 34.9 Å². The molecule has 3 aromatic carbocycles.